The third-order valence-corrected chi connectivity index (χ3v) is 6.10. The normalized spacial score (nSPS) is 16.5. The second-order valence-corrected chi connectivity index (χ2v) is 9.39. The summed E-state index contributed by atoms with van der Waals surface area (Å²) in [5.41, 5.74) is 2.35. The predicted octanol–water partition coefficient (Wildman–Crippen LogP) is 5.90. The maximum Gasteiger partial charge on any atom is 0.290 e. The molecule has 1 aliphatic rings. The van der Waals surface area contributed by atoms with Crippen molar-refractivity contribution in [2.45, 2.75) is 39.3 Å². The number of benzene rings is 2. The van der Waals surface area contributed by atoms with E-state index in [1.807, 2.05) is 57.2 Å². The van der Waals surface area contributed by atoms with Crippen LogP contribution in [0.1, 0.15) is 48.0 Å². The third-order valence-electron chi connectivity index (χ3n) is 5.60. The van der Waals surface area contributed by atoms with E-state index in [0.29, 0.717) is 25.2 Å². The molecular weight excluding hydrogens is 486 g/mol. The van der Waals surface area contributed by atoms with E-state index in [4.69, 9.17) is 9.15 Å². The number of rotatable bonds is 8. The smallest absolute Gasteiger partial charge is 0.290 e. The molecule has 1 amide bonds. The van der Waals surface area contributed by atoms with Crippen LogP contribution in [0.5, 0.6) is 0 Å². The molecule has 1 aliphatic heterocycles. The number of aliphatic hydroxyl groups is 1. The molecule has 0 spiro atoms. The molecule has 7 heteroatoms. The van der Waals surface area contributed by atoms with Crippen LogP contribution < -0.4 is 0 Å². The first-order valence-electron chi connectivity index (χ1n) is 10.9. The Morgan fingerprint density at radius 1 is 1.21 bits per heavy atom. The number of aryl methyl sites for hydroxylation is 1. The van der Waals surface area contributed by atoms with Crippen LogP contribution in [0.15, 0.2) is 68.8 Å². The first kappa shape index (κ1) is 23.3. The molecule has 172 valence electrons. The van der Waals surface area contributed by atoms with Crippen LogP contribution in [-0.4, -0.2) is 41.0 Å². The lowest BCUT2D eigenvalue weighted by molar-refractivity contribution is -0.129. The van der Waals surface area contributed by atoms with Gasteiger partial charge in [0.2, 0.25) is 5.78 Å². The Labute approximate surface area is 201 Å². The van der Waals surface area contributed by atoms with Crippen molar-refractivity contribution < 1.29 is 23.8 Å². The van der Waals surface area contributed by atoms with Crippen molar-refractivity contribution in [2.75, 3.05) is 13.2 Å². The highest BCUT2D eigenvalue weighted by molar-refractivity contribution is 9.10. The van der Waals surface area contributed by atoms with Gasteiger partial charge in [-0.15, -0.1) is 0 Å². The van der Waals surface area contributed by atoms with Gasteiger partial charge in [0.1, 0.15) is 5.58 Å². The Hall–Kier alpha value is -2.90. The summed E-state index contributed by atoms with van der Waals surface area (Å²) in [5, 5.41) is 11.6. The van der Waals surface area contributed by atoms with E-state index in [1.54, 1.807) is 17.0 Å². The van der Waals surface area contributed by atoms with Crippen molar-refractivity contribution in [1.29, 1.82) is 0 Å². The molecular formula is C26H26BrNO5. The van der Waals surface area contributed by atoms with E-state index < -0.39 is 23.5 Å². The zero-order valence-electron chi connectivity index (χ0n) is 18.8. The summed E-state index contributed by atoms with van der Waals surface area (Å²) < 4.78 is 12.3. The minimum Gasteiger partial charge on any atom is -0.503 e. The van der Waals surface area contributed by atoms with Gasteiger partial charge in [-0.25, -0.2) is 0 Å². The Morgan fingerprint density at radius 3 is 2.73 bits per heavy atom. The number of halogens is 1. The lowest BCUT2D eigenvalue weighted by Gasteiger charge is -2.27. The lowest BCUT2D eigenvalue weighted by atomic mass is 9.94. The summed E-state index contributed by atoms with van der Waals surface area (Å²) in [4.78, 5) is 28.2. The summed E-state index contributed by atoms with van der Waals surface area (Å²) in [6.45, 7) is 6.67. The highest BCUT2D eigenvalue weighted by atomic mass is 79.9. The molecule has 0 saturated heterocycles. The number of amides is 1. The van der Waals surface area contributed by atoms with Gasteiger partial charge < -0.3 is 19.2 Å². The van der Waals surface area contributed by atoms with Crippen molar-refractivity contribution in [2.24, 2.45) is 0 Å². The summed E-state index contributed by atoms with van der Waals surface area (Å²) in [5.74, 6) is -1.51. The Kier molecular flexibility index (Phi) is 6.72. The van der Waals surface area contributed by atoms with Crippen molar-refractivity contribution in [1.82, 2.24) is 4.90 Å². The number of carbonyl (C=O) groups excluding carboxylic acids is 2. The minimum absolute atomic E-state index is 0.0356. The molecule has 0 saturated carbocycles. The fourth-order valence-corrected chi connectivity index (χ4v) is 4.49. The summed E-state index contributed by atoms with van der Waals surface area (Å²) >= 11 is 3.42. The molecule has 6 nitrogen and oxygen atoms in total. The highest BCUT2D eigenvalue weighted by Gasteiger charge is 2.44. The molecule has 1 N–H and O–H groups in total. The first-order chi connectivity index (χ1) is 15.8. The molecule has 2 aromatic carbocycles. The maximum absolute atomic E-state index is 13.6. The van der Waals surface area contributed by atoms with Crippen molar-refractivity contribution in [3.05, 3.63) is 81.2 Å². The van der Waals surface area contributed by atoms with Crippen LogP contribution in [0.2, 0.25) is 0 Å². The summed E-state index contributed by atoms with van der Waals surface area (Å²) in [6.07, 6.45) is 0.670. The molecule has 1 aromatic heterocycles. The standard InChI is InChI=1S/C26H26BrNO5/c1-15(2)32-11-5-10-28-23(17-7-4-6-16(3)12-17)22(25(30)26(28)31)24(29)21-14-18-13-19(27)8-9-20(18)33-21/h4,6-9,12-15,23,30H,5,10-11H2,1-3H3. The molecule has 1 atom stereocenters. The van der Waals surface area contributed by atoms with Gasteiger partial charge in [-0.1, -0.05) is 45.8 Å². The number of fused-ring (bicyclic) bond motifs is 1. The molecule has 3 aromatic rings. The summed E-state index contributed by atoms with van der Waals surface area (Å²) in [7, 11) is 0. The number of furan rings is 1. The largest absolute Gasteiger partial charge is 0.503 e. The molecule has 0 bridgehead atoms. The Balaban J connectivity index is 1.71. The van der Waals surface area contributed by atoms with Crippen molar-refractivity contribution in [3.63, 3.8) is 0 Å². The SMILES string of the molecule is Cc1cccc(C2C(C(=O)c3cc4cc(Br)ccc4o3)=C(O)C(=O)N2CCCOC(C)C)c1. The van der Waals surface area contributed by atoms with Gasteiger partial charge >= 0.3 is 0 Å². The molecule has 33 heavy (non-hydrogen) atoms. The van der Waals surface area contributed by atoms with E-state index in [0.717, 1.165) is 21.0 Å². The average molecular weight is 512 g/mol. The average Bonchev–Trinajstić information content (AvgIpc) is 3.30. The van der Waals surface area contributed by atoms with Gasteiger partial charge in [-0.3, -0.25) is 9.59 Å². The number of Topliss-reactive ketones (excluding diaryl/α,β-unsaturated/α-hetero) is 1. The minimum atomic E-state index is -0.705. The zero-order chi connectivity index (χ0) is 23.7. The van der Waals surface area contributed by atoms with Gasteiger partial charge in [0.05, 0.1) is 17.7 Å². The van der Waals surface area contributed by atoms with Crippen molar-refractivity contribution >= 4 is 38.6 Å². The fourth-order valence-electron chi connectivity index (χ4n) is 4.12. The predicted molar refractivity (Wildman–Crippen MR) is 129 cm³/mol. The monoisotopic (exact) mass is 511 g/mol. The first-order valence-corrected chi connectivity index (χ1v) is 11.7. The van der Waals surface area contributed by atoms with E-state index in [1.165, 1.54) is 0 Å². The fraction of sp³-hybridized carbons (Fsp3) is 0.308. The molecule has 0 radical (unpaired) electrons. The summed E-state index contributed by atoms with van der Waals surface area (Å²) in [6, 6.07) is 14.0. The molecule has 0 aliphatic carbocycles. The number of ketones is 1. The Bertz CT molecular complexity index is 1240. The number of carbonyl (C=O) groups is 2. The molecule has 1 unspecified atom stereocenters. The zero-order valence-corrected chi connectivity index (χ0v) is 20.4. The highest BCUT2D eigenvalue weighted by Crippen LogP contribution is 2.40. The molecule has 2 heterocycles. The number of aliphatic hydroxyl groups excluding tert-OH is 1. The number of ether oxygens (including phenoxy) is 1. The van der Waals surface area contributed by atoms with Crippen LogP contribution >= 0.6 is 15.9 Å². The number of hydrogen-bond donors (Lipinski definition) is 1. The van der Waals surface area contributed by atoms with Gasteiger partial charge in [-0.2, -0.15) is 0 Å². The van der Waals surface area contributed by atoms with E-state index in [9.17, 15) is 14.7 Å². The van der Waals surface area contributed by atoms with Gasteiger partial charge in [0.15, 0.2) is 11.5 Å². The van der Waals surface area contributed by atoms with Crippen LogP contribution in [0.4, 0.5) is 0 Å². The van der Waals surface area contributed by atoms with E-state index in [2.05, 4.69) is 15.9 Å². The molecule has 0 fully saturated rings. The second-order valence-electron chi connectivity index (χ2n) is 8.47. The maximum atomic E-state index is 13.6. The van der Waals surface area contributed by atoms with Crippen LogP contribution in [0, 0.1) is 6.92 Å². The number of hydrogen-bond acceptors (Lipinski definition) is 5. The van der Waals surface area contributed by atoms with Gasteiger partial charge in [0.25, 0.3) is 5.91 Å². The van der Waals surface area contributed by atoms with Gasteiger partial charge in [0, 0.05) is 23.0 Å². The topological polar surface area (TPSA) is 80.0 Å². The quantitative estimate of drug-likeness (QED) is 0.301. The van der Waals surface area contributed by atoms with Crippen LogP contribution in [0.25, 0.3) is 11.0 Å². The third kappa shape index (κ3) is 4.75. The Morgan fingerprint density at radius 2 is 2.00 bits per heavy atom. The van der Waals surface area contributed by atoms with Gasteiger partial charge in [-0.05, 0) is 57.0 Å². The second kappa shape index (κ2) is 9.53. The van der Waals surface area contributed by atoms with Crippen molar-refractivity contribution in [3.8, 4) is 0 Å². The lowest BCUT2D eigenvalue weighted by Crippen LogP contribution is -2.32. The number of nitrogens with zero attached hydrogens (tertiary/aromatic N) is 1. The van der Waals surface area contributed by atoms with Crippen LogP contribution in [-0.2, 0) is 9.53 Å². The van der Waals surface area contributed by atoms with E-state index in [-0.39, 0.29) is 17.4 Å². The molecule has 4 rings (SSSR count). The van der Waals surface area contributed by atoms with E-state index >= 15 is 0 Å². The van der Waals surface area contributed by atoms with Crippen LogP contribution in [0.3, 0.4) is 0 Å².